The van der Waals surface area contributed by atoms with Crippen molar-refractivity contribution in [1.82, 2.24) is 10.6 Å². The smallest absolute Gasteiger partial charge is 0.221 e. The lowest BCUT2D eigenvalue weighted by Gasteiger charge is -2.15. The first-order valence-electron chi connectivity index (χ1n) is 10.8. The van der Waals surface area contributed by atoms with Crippen LogP contribution in [0.2, 0.25) is 0 Å². The van der Waals surface area contributed by atoms with E-state index in [9.17, 15) is 9.90 Å². The molecule has 1 unspecified atom stereocenters. The Morgan fingerprint density at radius 2 is 1.82 bits per heavy atom. The quantitative estimate of drug-likeness (QED) is 0.142. The molecule has 0 aliphatic heterocycles. The van der Waals surface area contributed by atoms with Crippen LogP contribution >= 0.6 is 24.0 Å². The highest BCUT2D eigenvalue weighted by Gasteiger charge is 2.08. The Balaban J connectivity index is 0.00000544. The van der Waals surface area contributed by atoms with E-state index >= 15 is 0 Å². The monoisotopic (exact) mass is 570 g/mol. The molecule has 4 N–H and O–H groups in total. The van der Waals surface area contributed by atoms with Crippen LogP contribution in [-0.4, -0.2) is 49.3 Å². The van der Waals surface area contributed by atoms with Gasteiger partial charge >= 0.3 is 0 Å². The van der Waals surface area contributed by atoms with E-state index < -0.39 is 6.10 Å². The summed E-state index contributed by atoms with van der Waals surface area (Å²) in [4.78, 5) is 15.6. The number of anilines is 1. The van der Waals surface area contributed by atoms with Gasteiger partial charge in [-0.25, -0.2) is 0 Å². The number of carbonyl (C=O) groups excluding carboxylic acids is 1. The number of nitrogens with zero attached hydrogens (tertiary/aromatic N) is 1. The summed E-state index contributed by atoms with van der Waals surface area (Å²) in [5.74, 6) is 1.91. The fourth-order valence-electron chi connectivity index (χ4n) is 2.87. The lowest BCUT2D eigenvalue weighted by Crippen LogP contribution is -2.39. The van der Waals surface area contributed by atoms with Crippen LogP contribution in [0.3, 0.4) is 0 Å². The van der Waals surface area contributed by atoms with E-state index in [0.29, 0.717) is 37.1 Å². The van der Waals surface area contributed by atoms with E-state index in [2.05, 4.69) is 20.9 Å². The van der Waals surface area contributed by atoms with Crippen LogP contribution in [0.5, 0.6) is 11.5 Å². The fraction of sp³-hybridized carbons (Fsp3) is 0.417. The van der Waals surface area contributed by atoms with Crippen LogP contribution in [0.1, 0.15) is 39.4 Å². The van der Waals surface area contributed by atoms with Gasteiger partial charge in [0, 0.05) is 25.2 Å². The maximum atomic E-state index is 11.2. The number of rotatable bonds is 11. The highest BCUT2D eigenvalue weighted by atomic mass is 127. The van der Waals surface area contributed by atoms with Gasteiger partial charge in [-0.1, -0.05) is 18.2 Å². The van der Waals surface area contributed by atoms with Gasteiger partial charge in [0.15, 0.2) is 5.96 Å². The molecule has 2 aromatic rings. The molecule has 1 amide bonds. The standard InChI is InChI=1S/C24H34N4O4.HI/c1-5-25-24(26-13-14-31-22-8-6-7-20(15-22)28-18(4)29)27-16-23(30)19-9-11-21(12-10-19)32-17(2)3;/h6-12,15,17,23,30H,5,13-14,16H2,1-4H3,(H,28,29)(H2,25,26,27);1H. The summed E-state index contributed by atoms with van der Waals surface area (Å²) in [6.07, 6.45) is -0.611. The molecule has 0 radical (unpaired) electrons. The van der Waals surface area contributed by atoms with Gasteiger partial charge < -0.3 is 30.5 Å². The van der Waals surface area contributed by atoms with Gasteiger partial charge in [-0.05, 0) is 50.6 Å². The third-order valence-electron chi connectivity index (χ3n) is 4.22. The largest absolute Gasteiger partial charge is 0.492 e. The molecule has 1 atom stereocenters. The van der Waals surface area contributed by atoms with Crippen LogP contribution < -0.4 is 25.4 Å². The van der Waals surface area contributed by atoms with Gasteiger partial charge in [-0.15, -0.1) is 24.0 Å². The van der Waals surface area contributed by atoms with Crippen molar-refractivity contribution in [3.8, 4) is 11.5 Å². The minimum absolute atomic E-state index is 0. The number of aliphatic hydroxyl groups excluding tert-OH is 1. The first-order chi connectivity index (χ1) is 15.4. The van der Waals surface area contributed by atoms with Crippen molar-refractivity contribution in [3.63, 3.8) is 0 Å². The zero-order valence-corrected chi connectivity index (χ0v) is 22.0. The van der Waals surface area contributed by atoms with Gasteiger partial charge in [-0.3, -0.25) is 9.79 Å². The number of halogens is 1. The van der Waals surface area contributed by atoms with Crippen LogP contribution in [0.4, 0.5) is 5.69 Å². The molecule has 0 heterocycles. The molecule has 0 aliphatic rings. The average Bonchev–Trinajstić information content (AvgIpc) is 2.74. The fourth-order valence-corrected chi connectivity index (χ4v) is 2.87. The van der Waals surface area contributed by atoms with Gasteiger partial charge in [0.1, 0.15) is 18.1 Å². The number of ether oxygens (including phenoxy) is 2. The predicted octanol–water partition coefficient (Wildman–Crippen LogP) is 3.72. The normalized spacial score (nSPS) is 11.9. The van der Waals surface area contributed by atoms with Gasteiger partial charge in [0.05, 0.1) is 25.3 Å². The van der Waals surface area contributed by atoms with Gasteiger partial charge in [-0.2, -0.15) is 0 Å². The zero-order chi connectivity index (χ0) is 23.3. The molecule has 33 heavy (non-hydrogen) atoms. The molecule has 0 saturated carbocycles. The van der Waals surface area contributed by atoms with Gasteiger partial charge in [0.25, 0.3) is 0 Å². The second kappa shape index (κ2) is 15.3. The Labute approximate surface area is 213 Å². The molecule has 0 fully saturated rings. The molecule has 0 aliphatic carbocycles. The molecular weight excluding hydrogens is 535 g/mol. The maximum absolute atomic E-state index is 11.2. The Hall–Kier alpha value is -2.53. The lowest BCUT2D eigenvalue weighted by atomic mass is 10.1. The van der Waals surface area contributed by atoms with E-state index in [-0.39, 0.29) is 42.5 Å². The van der Waals surface area contributed by atoms with Crippen molar-refractivity contribution < 1.29 is 19.4 Å². The molecule has 0 spiro atoms. The van der Waals surface area contributed by atoms with Crippen molar-refractivity contribution in [2.45, 2.75) is 39.9 Å². The second-order valence-corrected chi connectivity index (χ2v) is 7.46. The van der Waals surface area contributed by atoms with Crippen molar-refractivity contribution in [2.24, 2.45) is 4.99 Å². The van der Waals surface area contributed by atoms with Crippen LogP contribution in [-0.2, 0) is 4.79 Å². The molecule has 9 heteroatoms. The summed E-state index contributed by atoms with van der Waals surface area (Å²) >= 11 is 0. The number of carbonyl (C=O) groups is 1. The SMILES string of the molecule is CCNC(=NCC(O)c1ccc(OC(C)C)cc1)NCCOc1cccc(NC(C)=O)c1.I. The molecule has 2 rings (SSSR count). The number of aliphatic hydroxyl groups is 1. The highest BCUT2D eigenvalue weighted by Crippen LogP contribution is 2.19. The molecule has 0 saturated heterocycles. The number of benzene rings is 2. The number of hydrogen-bond acceptors (Lipinski definition) is 5. The van der Waals surface area contributed by atoms with E-state index in [4.69, 9.17) is 9.47 Å². The Morgan fingerprint density at radius 3 is 2.45 bits per heavy atom. The van der Waals surface area contributed by atoms with E-state index in [1.165, 1.54) is 6.92 Å². The molecular formula is C24H35IN4O4. The first kappa shape index (κ1) is 28.5. The predicted molar refractivity (Wildman–Crippen MR) is 143 cm³/mol. The Morgan fingerprint density at radius 1 is 1.09 bits per heavy atom. The second-order valence-electron chi connectivity index (χ2n) is 7.46. The maximum Gasteiger partial charge on any atom is 0.221 e. The van der Waals surface area contributed by atoms with Crippen molar-refractivity contribution in [2.75, 3.05) is 31.6 Å². The van der Waals surface area contributed by atoms with Gasteiger partial charge in [0.2, 0.25) is 5.91 Å². The van der Waals surface area contributed by atoms with Crippen LogP contribution in [0.25, 0.3) is 0 Å². The summed E-state index contributed by atoms with van der Waals surface area (Å²) in [5, 5.41) is 19.5. The summed E-state index contributed by atoms with van der Waals surface area (Å²) < 4.78 is 11.4. The topological polar surface area (TPSA) is 104 Å². The zero-order valence-electron chi connectivity index (χ0n) is 19.6. The van der Waals surface area contributed by atoms with Crippen molar-refractivity contribution >= 4 is 41.5 Å². The summed E-state index contributed by atoms with van der Waals surface area (Å²) in [6, 6.07) is 14.6. The first-order valence-corrected chi connectivity index (χ1v) is 10.8. The molecule has 8 nitrogen and oxygen atoms in total. The number of amides is 1. The molecule has 0 bridgehead atoms. The minimum atomic E-state index is -0.716. The number of aliphatic imine (C=N–C) groups is 1. The lowest BCUT2D eigenvalue weighted by molar-refractivity contribution is -0.114. The minimum Gasteiger partial charge on any atom is -0.492 e. The summed E-state index contributed by atoms with van der Waals surface area (Å²) in [7, 11) is 0. The number of hydrogen-bond donors (Lipinski definition) is 4. The van der Waals surface area contributed by atoms with E-state index in [0.717, 1.165) is 11.3 Å². The third kappa shape index (κ3) is 11.2. The van der Waals surface area contributed by atoms with Crippen molar-refractivity contribution in [3.05, 3.63) is 54.1 Å². The molecule has 2 aromatic carbocycles. The highest BCUT2D eigenvalue weighted by molar-refractivity contribution is 14.0. The molecule has 182 valence electrons. The average molecular weight is 570 g/mol. The Kier molecular flexibility index (Phi) is 13.2. The van der Waals surface area contributed by atoms with Crippen LogP contribution in [0, 0.1) is 0 Å². The number of guanidine groups is 1. The Bertz CT molecular complexity index is 875. The van der Waals surface area contributed by atoms with E-state index in [1.54, 1.807) is 12.1 Å². The van der Waals surface area contributed by atoms with Crippen LogP contribution in [0.15, 0.2) is 53.5 Å². The molecule has 0 aromatic heterocycles. The number of nitrogens with one attached hydrogen (secondary N) is 3. The summed E-state index contributed by atoms with van der Waals surface area (Å²) in [6.45, 7) is 9.24. The van der Waals surface area contributed by atoms with E-state index in [1.807, 2.05) is 57.2 Å². The summed E-state index contributed by atoms with van der Waals surface area (Å²) in [5.41, 5.74) is 1.47. The third-order valence-corrected chi connectivity index (χ3v) is 4.22. The van der Waals surface area contributed by atoms with Crippen molar-refractivity contribution in [1.29, 1.82) is 0 Å².